The minimum absolute atomic E-state index is 0.561. The van der Waals surface area contributed by atoms with Gasteiger partial charge in [-0.15, -0.1) is 0 Å². The van der Waals surface area contributed by atoms with E-state index in [1.54, 1.807) is 0 Å². The molecule has 0 N–H and O–H groups in total. The molecule has 0 amide bonds. The number of fused-ring (bicyclic) bond motifs is 4. The quantitative estimate of drug-likeness (QED) is 0.672. The van der Waals surface area contributed by atoms with E-state index in [0.29, 0.717) is 29.9 Å². The topological polar surface area (TPSA) is 26.0 Å². The van der Waals surface area contributed by atoms with Gasteiger partial charge in [0.15, 0.2) is 0 Å². The normalized spacial score (nSPS) is 16.0. The molecule has 1 aliphatic heterocycles. The summed E-state index contributed by atoms with van der Waals surface area (Å²) >= 11 is 1.12. The Kier molecular flexibility index (Phi) is 3.68. The summed E-state index contributed by atoms with van der Waals surface area (Å²) in [6.45, 7) is 0. The van der Waals surface area contributed by atoms with Crippen LogP contribution >= 0.6 is 0 Å². The molecule has 0 aromatic carbocycles. The third-order valence-corrected chi connectivity index (χ3v) is 6.72. The van der Waals surface area contributed by atoms with Crippen molar-refractivity contribution in [2.24, 2.45) is 0 Å². The van der Waals surface area contributed by atoms with Gasteiger partial charge in [0.1, 0.15) is 0 Å². The van der Waals surface area contributed by atoms with Crippen LogP contribution in [0.1, 0.15) is 22.9 Å². The molecule has 88 valence electrons. The van der Waals surface area contributed by atoms with Gasteiger partial charge < -0.3 is 0 Å². The van der Waals surface area contributed by atoms with Gasteiger partial charge in [-0.2, -0.15) is 0 Å². The van der Waals surface area contributed by atoms with Crippen molar-refractivity contribution < 1.29 is 4.42 Å². The molecule has 3 heterocycles. The van der Waals surface area contributed by atoms with Crippen molar-refractivity contribution in [1.29, 1.82) is 0 Å². The maximum absolute atomic E-state index is 5.83. The number of hydrogen-bond acceptors (Lipinski definition) is 2. The number of nitrogens with zero attached hydrogens (tertiary/aromatic N) is 1. The zero-order chi connectivity index (χ0) is 11.5. The second kappa shape index (κ2) is 5.41. The van der Waals surface area contributed by atoms with Crippen LogP contribution in [-0.2, 0) is 21.3 Å². The number of hydrogen-bond donors (Lipinski definition) is 0. The van der Waals surface area contributed by atoms with Gasteiger partial charge in [-0.05, 0) is 0 Å². The molecular formula is C13H13NOSe2. The summed E-state index contributed by atoms with van der Waals surface area (Å²) in [6.07, 6.45) is 0. The number of pyridine rings is 1. The molecule has 0 fully saturated rings. The Bertz CT molecular complexity index is 470. The van der Waals surface area contributed by atoms with Gasteiger partial charge in [0.25, 0.3) is 0 Å². The third kappa shape index (κ3) is 3.02. The fourth-order valence-electron chi connectivity index (χ4n) is 1.78. The van der Waals surface area contributed by atoms with Crippen LogP contribution in [0.25, 0.3) is 0 Å². The Morgan fingerprint density at radius 1 is 0.824 bits per heavy atom. The molecular weight excluding hydrogens is 344 g/mol. The van der Waals surface area contributed by atoms with Gasteiger partial charge in [0, 0.05) is 0 Å². The molecule has 2 aromatic rings. The van der Waals surface area contributed by atoms with E-state index in [-0.39, 0.29) is 0 Å². The Morgan fingerprint density at radius 2 is 1.41 bits per heavy atom. The van der Waals surface area contributed by atoms with Gasteiger partial charge >= 0.3 is 114 Å². The van der Waals surface area contributed by atoms with E-state index in [4.69, 9.17) is 9.40 Å². The van der Waals surface area contributed by atoms with E-state index in [9.17, 15) is 0 Å². The molecule has 1 aliphatic rings. The molecule has 0 saturated heterocycles. The van der Waals surface area contributed by atoms with Crippen molar-refractivity contribution in [3.8, 4) is 0 Å². The molecule has 0 atom stereocenters. The van der Waals surface area contributed by atoms with Crippen molar-refractivity contribution in [3.05, 3.63) is 53.2 Å². The van der Waals surface area contributed by atoms with E-state index in [1.807, 2.05) is 0 Å². The molecule has 0 radical (unpaired) electrons. The van der Waals surface area contributed by atoms with E-state index in [2.05, 4.69) is 30.3 Å². The van der Waals surface area contributed by atoms with Gasteiger partial charge in [-0.1, -0.05) is 0 Å². The molecule has 0 spiro atoms. The molecule has 3 rings (SSSR count). The average molecular weight is 357 g/mol. The Labute approximate surface area is 114 Å². The van der Waals surface area contributed by atoms with E-state index in [0.717, 1.165) is 32.8 Å². The Morgan fingerprint density at radius 3 is 2.00 bits per heavy atom. The second-order valence-corrected chi connectivity index (χ2v) is 8.11. The molecule has 4 heteroatoms. The predicted octanol–water partition coefficient (Wildman–Crippen LogP) is 1.80. The number of aromatic nitrogens is 1. The Hall–Kier alpha value is -0.531. The minimum atomic E-state index is 0.561. The monoisotopic (exact) mass is 359 g/mol. The van der Waals surface area contributed by atoms with E-state index >= 15 is 0 Å². The molecule has 2 nitrogen and oxygen atoms in total. The van der Waals surface area contributed by atoms with Crippen molar-refractivity contribution >= 4 is 29.9 Å². The summed E-state index contributed by atoms with van der Waals surface area (Å²) in [6, 6.07) is 10.7. The van der Waals surface area contributed by atoms with Crippen LogP contribution in [0.4, 0.5) is 0 Å². The van der Waals surface area contributed by atoms with Gasteiger partial charge in [-0.25, -0.2) is 0 Å². The molecule has 0 aliphatic carbocycles. The zero-order valence-electron chi connectivity index (χ0n) is 9.39. The first-order valence-electron chi connectivity index (χ1n) is 5.58. The average Bonchev–Trinajstić information content (AvgIpc) is 2.77. The predicted molar refractivity (Wildman–Crippen MR) is 69.3 cm³/mol. The van der Waals surface area contributed by atoms with Crippen molar-refractivity contribution in [2.45, 2.75) is 21.3 Å². The van der Waals surface area contributed by atoms with Gasteiger partial charge in [-0.3, -0.25) is 0 Å². The fraction of sp³-hybridized carbons (Fsp3) is 0.308. The second-order valence-electron chi connectivity index (χ2n) is 3.97. The molecule has 2 aromatic heterocycles. The molecule has 17 heavy (non-hydrogen) atoms. The van der Waals surface area contributed by atoms with Crippen LogP contribution in [-0.4, -0.2) is 34.9 Å². The van der Waals surface area contributed by atoms with Gasteiger partial charge in [0.2, 0.25) is 0 Å². The van der Waals surface area contributed by atoms with E-state index < -0.39 is 0 Å². The van der Waals surface area contributed by atoms with Crippen LogP contribution in [0.2, 0.25) is 0 Å². The fourth-order valence-corrected chi connectivity index (χ4v) is 5.26. The first-order chi connectivity index (χ1) is 8.40. The van der Waals surface area contributed by atoms with Crippen LogP contribution in [0.15, 0.2) is 34.7 Å². The van der Waals surface area contributed by atoms with Crippen molar-refractivity contribution in [2.75, 3.05) is 0 Å². The third-order valence-electron chi connectivity index (χ3n) is 2.57. The van der Waals surface area contributed by atoms with Crippen LogP contribution in [0.5, 0.6) is 0 Å². The molecule has 0 saturated carbocycles. The summed E-state index contributed by atoms with van der Waals surface area (Å²) in [5.74, 6) is 2.32. The van der Waals surface area contributed by atoms with Gasteiger partial charge in [0.05, 0.1) is 0 Å². The van der Waals surface area contributed by atoms with E-state index in [1.165, 1.54) is 11.4 Å². The van der Waals surface area contributed by atoms with Crippen molar-refractivity contribution in [3.63, 3.8) is 0 Å². The maximum atomic E-state index is 5.83. The summed E-state index contributed by atoms with van der Waals surface area (Å²) < 4.78 is 5.83. The molecule has 4 bridgehead atoms. The molecule has 0 unspecified atom stereocenters. The van der Waals surface area contributed by atoms with Crippen LogP contribution in [0, 0.1) is 0 Å². The number of rotatable bonds is 0. The zero-order valence-corrected chi connectivity index (χ0v) is 12.8. The standard InChI is InChI=1S/C13H13NOSe2/c1-2-10-6-16-8-12-4-5-13(15-12)9-17-7-11(3-1)14-10/h1-5H,6-9H2. The summed E-state index contributed by atoms with van der Waals surface area (Å²) in [5.41, 5.74) is 2.51. The van der Waals surface area contributed by atoms with Crippen LogP contribution < -0.4 is 0 Å². The first-order valence-corrected chi connectivity index (χ1v) is 10.4. The summed E-state index contributed by atoms with van der Waals surface area (Å²) in [4.78, 5) is 4.73. The Balaban J connectivity index is 1.82. The SMILES string of the molecule is c1cc2nc(c1)C[Se]Cc1ccc(o1)C[Se]C2. The summed E-state index contributed by atoms with van der Waals surface area (Å²) in [7, 11) is 0. The first kappa shape index (κ1) is 11.6. The summed E-state index contributed by atoms with van der Waals surface area (Å²) in [5, 5.41) is 4.41. The number of furan rings is 1. The van der Waals surface area contributed by atoms with Crippen LogP contribution in [0.3, 0.4) is 0 Å². The van der Waals surface area contributed by atoms with Crippen molar-refractivity contribution in [1.82, 2.24) is 4.98 Å².